The summed E-state index contributed by atoms with van der Waals surface area (Å²) in [5.74, 6) is -0.431. The molecule has 1 N–H and O–H groups in total. The van der Waals surface area contributed by atoms with Crippen molar-refractivity contribution in [2.24, 2.45) is 0 Å². The first kappa shape index (κ1) is 14.7. The van der Waals surface area contributed by atoms with Crippen LogP contribution in [0.2, 0.25) is 0 Å². The van der Waals surface area contributed by atoms with Crippen LogP contribution in [-0.4, -0.2) is 62.1 Å². The fourth-order valence-electron chi connectivity index (χ4n) is 1.92. The Kier molecular flexibility index (Phi) is 5.80. The fourth-order valence-corrected chi connectivity index (χ4v) is 1.92. The molecule has 6 heteroatoms. The normalized spacial score (nSPS) is 23.6. The monoisotopic (exact) mass is 255 g/mol. The summed E-state index contributed by atoms with van der Waals surface area (Å²) in [6, 6.07) is 0. The summed E-state index contributed by atoms with van der Waals surface area (Å²) in [5, 5.41) is 2.05. The van der Waals surface area contributed by atoms with E-state index in [1.807, 2.05) is 31.4 Å². The molecule has 2 unspecified atom stereocenters. The smallest absolute Gasteiger partial charge is 0.251 e. The van der Waals surface area contributed by atoms with Gasteiger partial charge in [0.25, 0.3) is 5.91 Å². The second kappa shape index (κ2) is 7.13. The number of hydrogen-bond acceptors (Lipinski definition) is 5. The Labute approximate surface area is 108 Å². The number of imide groups is 1. The largest absolute Gasteiger partial charge is 0.355 e. The number of ether oxygens (including phenoxy) is 1. The molecule has 0 radical (unpaired) electrons. The van der Waals surface area contributed by atoms with E-state index in [9.17, 15) is 9.59 Å². The molecule has 1 aliphatic rings. The number of carbonyl (C=O) groups excluding carboxylic acids is 2. The van der Waals surface area contributed by atoms with Crippen LogP contribution in [-0.2, 0) is 14.3 Å². The van der Waals surface area contributed by atoms with Crippen molar-refractivity contribution in [2.75, 3.05) is 27.7 Å². The number of nitrogens with zero attached hydrogens (tertiary/aromatic N) is 2. The number of hydrogen-bond donors (Lipinski definition) is 1. The first-order valence-electron chi connectivity index (χ1n) is 5.97. The predicted molar refractivity (Wildman–Crippen MR) is 67.6 cm³/mol. The van der Waals surface area contributed by atoms with E-state index in [0.29, 0.717) is 6.41 Å². The van der Waals surface area contributed by atoms with Crippen LogP contribution in [0.25, 0.3) is 0 Å². The molecule has 2 atom stereocenters. The van der Waals surface area contributed by atoms with Gasteiger partial charge in [-0.1, -0.05) is 0 Å². The maximum Gasteiger partial charge on any atom is 0.251 e. The van der Waals surface area contributed by atoms with Gasteiger partial charge in [0.2, 0.25) is 6.41 Å². The minimum Gasteiger partial charge on any atom is -0.355 e. The van der Waals surface area contributed by atoms with Crippen molar-refractivity contribution < 1.29 is 14.3 Å². The Balaban J connectivity index is 2.37. The molecule has 0 aromatic carbocycles. The van der Waals surface area contributed by atoms with E-state index in [-0.39, 0.29) is 12.3 Å². The fraction of sp³-hybridized carbons (Fsp3) is 0.667. The summed E-state index contributed by atoms with van der Waals surface area (Å²) in [4.78, 5) is 25.1. The van der Waals surface area contributed by atoms with Gasteiger partial charge < -0.3 is 14.5 Å². The minimum atomic E-state index is -0.431. The highest BCUT2D eigenvalue weighted by molar-refractivity contribution is 5.94. The van der Waals surface area contributed by atoms with Crippen LogP contribution in [0.1, 0.15) is 12.8 Å². The molecule has 102 valence electrons. The van der Waals surface area contributed by atoms with Crippen LogP contribution >= 0.6 is 0 Å². The molecule has 1 aliphatic heterocycles. The molecule has 18 heavy (non-hydrogen) atoms. The molecule has 0 aliphatic carbocycles. The van der Waals surface area contributed by atoms with Crippen molar-refractivity contribution in [3.05, 3.63) is 12.3 Å². The Morgan fingerprint density at radius 2 is 2.11 bits per heavy atom. The molecular formula is C12H21N3O3. The second-order valence-electron chi connectivity index (χ2n) is 4.66. The van der Waals surface area contributed by atoms with E-state index < -0.39 is 5.91 Å². The third-order valence-electron chi connectivity index (χ3n) is 2.77. The van der Waals surface area contributed by atoms with Crippen molar-refractivity contribution in [3.8, 4) is 0 Å². The molecule has 1 fully saturated rings. The lowest BCUT2D eigenvalue weighted by Gasteiger charge is -2.23. The highest BCUT2D eigenvalue weighted by atomic mass is 16.5. The minimum absolute atomic E-state index is 0.00442. The van der Waals surface area contributed by atoms with Crippen LogP contribution in [0, 0.1) is 0 Å². The van der Waals surface area contributed by atoms with Crippen LogP contribution in [0.15, 0.2) is 12.3 Å². The maximum atomic E-state index is 11.1. The summed E-state index contributed by atoms with van der Waals surface area (Å²) in [5.41, 5.74) is 0. The van der Waals surface area contributed by atoms with Crippen molar-refractivity contribution >= 4 is 12.3 Å². The van der Waals surface area contributed by atoms with Gasteiger partial charge in [-0.3, -0.25) is 14.9 Å². The highest BCUT2D eigenvalue weighted by Gasteiger charge is 2.27. The van der Waals surface area contributed by atoms with E-state index in [1.165, 1.54) is 6.08 Å². The van der Waals surface area contributed by atoms with Gasteiger partial charge in [-0.15, -0.1) is 0 Å². The summed E-state index contributed by atoms with van der Waals surface area (Å²) >= 11 is 0. The quantitative estimate of drug-likeness (QED) is 0.525. The number of nitrogens with one attached hydrogen (secondary N) is 1. The van der Waals surface area contributed by atoms with Gasteiger partial charge in [-0.25, -0.2) is 0 Å². The van der Waals surface area contributed by atoms with E-state index in [1.54, 1.807) is 6.20 Å². The van der Waals surface area contributed by atoms with Gasteiger partial charge in [-0.2, -0.15) is 0 Å². The summed E-state index contributed by atoms with van der Waals surface area (Å²) < 4.78 is 5.86. The van der Waals surface area contributed by atoms with Gasteiger partial charge >= 0.3 is 0 Å². The molecule has 2 amide bonds. The molecule has 0 saturated carbocycles. The zero-order chi connectivity index (χ0) is 13.5. The standard InChI is InChI=1S/C12H21N3O3/c1-14(2)8-10-4-5-12(18-10)15(3)7-6-11(17)13-9-16/h6-7,9-10,12H,4-5,8H2,1-3H3,(H,13,16,17)/b7-6-. The Hall–Kier alpha value is -1.40. The maximum absolute atomic E-state index is 11.1. The van der Waals surface area contributed by atoms with Gasteiger partial charge in [0.1, 0.15) is 6.23 Å². The van der Waals surface area contributed by atoms with Crippen LogP contribution in [0.5, 0.6) is 0 Å². The van der Waals surface area contributed by atoms with Gasteiger partial charge in [0.05, 0.1) is 6.10 Å². The molecule has 6 nitrogen and oxygen atoms in total. The molecule has 0 aromatic heterocycles. The van der Waals surface area contributed by atoms with Crippen molar-refractivity contribution in [2.45, 2.75) is 25.2 Å². The molecule has 1 heterocycles. The van der Waals surface area contributed by atoms with Crippen LogP contribution in [0.4, 0.5) is 0 Å². The van der Waals surface area contributed by atoms with Gasteiger partial charge in [0, 0.05) is 25.9 Å². The predicted octanol–water partition coefficient (Wildman–Crippen LogP) is -0.229. The van der Waals surface area contributed by atoms with E-state index in [0.717, 1.165) is 19.4 Å². The highest BCUT2D eigenvalue weighted by Crippen LogP contribution is 2.22. The van der Waals surface area contributed by atoms with E-state index >= 15 is 0 Å². The summed E-state index contributed by atoms with van der Waals surface area (Å²) in [6.45, 7) is 0.902. The molecule has 0 aromatic rings. The lowest BCUT2D eigenvalue weighted by atomic mass is 10.2. The molecule has 1 saturated heterocycles. The zero-order valence-corrected chi connectivity index (χ0v) is 11.1. The van der Waals surface area contributed by atoms with E-state index in [2.05, 4.69) is 4.90 Å². The van der Waals surface area contributed by atoms with Crippen molar-refractivity contribution in [1.29, 1.82) is 0 Å². The SMILES string of the molecule is CN(C)CC1CCC(N(C)/C=C\C(=O)NC=O)O1. The first-order valence-corrected chi connectivity index (χ1v) is 5.97. The topological polar surface area (TPSA) is 61.9 Å². The van der Waals surface area contributed by atoms with Crippen molar-refractivity contribution in [3.63, 3.8) is 0 Å². The third kappa shape index (κ3) is 4.85. The zero-order valence-electron chi connectivity index (χ0n) is 11.1. The number of rotatable bonds is 6. The average molecular weight is 255 g/mol. The van der Waals surface area contributed by atoms with E-state index in [4.69, 9.17) is 4.74 Å². The Bertz CT molecular complexity index is 318. The third-order valence-corrected chi connectivity index (χ3v) is 2.77. The van der Waals surface area contributed by atoms with Crippen LogP contribution in [0.3, 0.4) is 0 Å². The summed E-state index contributed by atoms with van der Waals surface area (Å²) in [6.07, 6.45) is 5.50. The lowest BCUT2D eigenvalue weighted by molar-refractivity contribution is -0.121. The summed E-state index contributed by atoms with van der Waals surface area (Å²) in [7, 11) is 5.89. The lowest BCUT2D eigenvalue weighted by Crippen LogP contribution is -2.31. The number of amides is 2. The van der Waals surface area contributed by atoms with Gasteiger partial charge in [-0.05, 0) is 26.9 Å². The van der Waals surface area contributed by atoms with Crippen LogP contribution < -0.4 is 5.32 Å². The van der Waals surface area contributed by atoms with Gasteiger partial charge in [0.15, 0.2) is 0 Å². The van der Waals surface area contributed by atoms with Crippen molar-refractivity contribution in [1.82, 2.24) is 15.1 Å². The second-order valence-corrected chi connectivity index (χ2v) is 4.66. The Morgan fingerprint density at radius 1 is 1.39 bits per heavy atom. The molecule has 1 rings (SSSR count). The number of carbonyl (C=O) groups is 2. The molecule has 0 bridgehead atoms. The average Bonchev–Trinajstić information content (AvgIpc) is 2.74. The number of likely N-dealkylation sites (N-methyl/N-ethyl adjacent to an activating group) is 1. The molecule has 0 spiro atoms. The Morgan fingerprint density at radius 3 is 2.72 bits per heavy atom. The first-order chi connectivity index (χ1) is 8.52. The molecular weight excluding hydrogens is 234 g/mol.